The molecule has 6 nitrogen and oxygen atoms in total. The van der Waals surface area contributed by atoms with Crippen LogP contribution in [0.15, 0.2) is 12.1 Å². The van der Waals surface area contributed by atoms with E-state index in [2.05, 4.69) is 5.32 Å². The first-order valence-electron chi connectivity index (χ1n) is 6.98. The highest BCUT2D eigenvalue weighted by molar-refractivity contribution is 6.32. The molecule has 1 aromatic rings. The van der Waals surface area contributed by atoms with Crippen LogP contribution in [0.2, 0.25) is 5.02 Å². The molecule has 0 saturated heterocycles. The number of hydrogen-bond acceptors (Lipinski definition) is 4. The van der Waals surface area contributed by atoms with Crippen LogP contribution in [0.1, 0.15) is 37.0 Å². The normalized spacial score (nSPS) is 11.6. The summed E-state index contributed by atoms with van der Waals surface area (Å²) in [7, 11) is 1.44. The van der Waals surface area contributed by atoms with Gasteiger partial charge in [-0.05, 0) is 25.5 Å². The molecule has 0 bridgehead atoms. The molecule has 0 spiro atoms. The molecular formula is C15H20ClNO5. The lowest BCUT2D eigenvalue weighted by Gasteiger charge is -2.16. The highest BCUT2D eigenvalue weighted by Crippen LogP contribution is 2.36. The molecule has 1 unspecified atom stereocenters. The van der Waals surface area contributed by atoms with Gasteiger partial charge in [0.25, 0.3) is 5.91 Å². The van der Waals surface area contributed by atoms with E-state index in [9.17, 15) is 9.59 Å². The molecule has 0 heterocycles. The van der Waals surface area contributed by atoms with Gasteiger partial charge in [0.2, 0.25) is 0 Å². The molecule has 1 amide bonds. The zero-order chi connectivity index (χ0) is 16.7. The Morgan fingerprint density at radius 2 is 2.05 bits per heavy atom. The van der Waals surface area contributed by atoms with E-state index in [1.165, 1.54) is 19.2 Å². The number of benzene rings is 1. The highest BCUT2D eigenvalue weighted by Gasteiger charge is 2.21. The van der Waals surface area contributed by atoms with E-state index in [0.29, 0.717) is 30.9 Å². The van der Waals surface area contributed by atoms with Crippen LogP contribution in [-0.2, 0) is 4.79 Å². The fourth-order valence-corrected chi connectivity index (χ4v) is 2.19. The predicted octanol–water partition coefficient (Wildman–Crippen LogP) is 2.73. The number of amides is 1. The summed E-state index contributed by atoms with van der Waals surface area (Å²) < 4.78 is 10.5. The SMILES string of the molecule is CCCC(NC(=O)c1cc(Cl)c(OCC)c(OC)c1)C(=O)O. The minimum atomic E-state index is -1.07. The van der Waals surface area contributed by atoms with Crippen molar-refractivity contribution in [3.63, 3.8) is 0 Å². The standard InChI is InChI=1S/C15H20ClNO5/c1-4-6-11(15(19)20)17-14(18)9-7-10(16)13(22-5-2)12(8-9)21-3/h7-8,11H,4-6H2,1-3H3,(H,17,18)(H,19,20). The summed E-state index contributed by atoms with van der Waals surface area (Å²) in [6, 6.07) is 1.96. The molecule has 0 aliphatic heterocycles. The van der Waals surface area contributed by atoms with E-state index in [1.807, 2.05) is 6.92 Å². The summed E-state index contributed by atoms with van der Waals surface area (Å²) in [5.41, 5.74) is 0.215. The van der Waals surface area contributed by atoms with Crippen molar-refractivity contribution in [1.29, 1.82) is 0 Å². The van der Waals surface area contributed by atoms with Gasteiger partial charge in [0.05, 0.1) is 18.7 Å². The number of carboxylic acids is 1. The van der Waals surface area contributed by atoms with Gasteiger partial charge in [-0.3, -0.25) is 4.79 Å². The van der Waals surface area contributed by atoms with E-state index in [0.717, 1.165) is 0 Å². The third-order valence-electron chi connectivity index (χ3n) is 2.96. The zero-order valence-electron chi connectivity index (χ0n) is 12.8. The van der Waals surface area contributed by atoms with Gasteiger partial charge in [-0.1, -0.05) is 24.9 Å². The summed E-state index contributed by atoms with van der Waals surface area (Å²) in [5.74, 6) is -0.920. The van der Waals surface area contributed by atoms with Gasteiger partial charge in [-0.25, -0.2) is 4.79 Å². The lowest BCUT2D eigenvalue weighted by atomic mass is 10.1. The van der Waals surface area contributed by atoms with Crippen molar-refractivity contribution in [1.82, 2.24) is 5.32 Å². The van der Waals surface area contributed by atoms with Gasteiger partial charge in [0.15, 0.2) is 11.5 Å². The number of carbonyl (C=O) groups is 2. The van der Waals surface area contributed by atoms with Crippen molar-refractivity contribution in [3.05, 3.63) is 22.7 Å². The number of carboxylic acid groups (broad SMARTS) is 1. The number of halogens is 1. The van der Waals surface area contributed by atoms with Crippen LogP contribution in [0, 0.1) is 0 Å². The van der Waals surface area contributed by atoms with Gasteiger partial charge >= 0.3 is 5.97 Å². The number of aliphatic carboxylic acids is 1. The first-order chi connectivity index (χ1) is 10.4. The van der Waals surface area contributed by atoms with Crippen LogP contribution in [-0.4, -0.2) is 36.7 Å². The Labute approximate surface area is 134 Å². The van der Waals surface area contributed by atoms with Crippen LogP contribution >= 0.6 is 11.6 Å². The molecule has 0 saturated carbocycles. The number of rotatable bonds is 8. The topological polar surface area (TPSA) is 84.9 Å². The van der Waals surface area contributed by atoms with Crippen LogP contribution < -0.4 is 14.8 Å². The summed E-state index contributed by atoms with van der Waals surface area (Å²) in [5, 5.41) is 11.8. The molecule has 0 aliphatic carbocycles. The van der Waals surface area contributed by atoms with Gasteiger partial charge in [0, 0.05) is 5.56 Å². The highest BCUT2D eigenvalue weighted by atomic mass is 35.5. The van der Waals surface area contributed by atoms with Crippen molar-refractivity contribution in [3.8, 4) is 11.5 Å². The Morgan fingerprint density at radius 3 is 2.55 bits per heavy atom. The van der Waals surface area contributed by atoms with E-state index < -0.39 is 17.9 Å². The Kier molecular flexibility index (Phi) is 6.98. The summed E-state index contributed by atoms with van der Waals surface area (Å²) in [4.78, 5) is 23.3. The third-order valence-corrected chi connectivity index (χ3v) is 3.24. The maximum Gasteiger partial charge on any atom is 0.326 e. The molecule has 22 heavy (non-hydrogen) atoms. The fraction of sp³-hybridized carbons (Fsp3) is 0.467. The van der Waals surface area contributed by atoms with Gasteiger partial charge in [-0.2, -0.15) is 0 Å². The van der Waals surface area contributed by atoms with Crippen LogP contribution in [0.25, 0.3) is 0 Å². The van der Waals surface area contributed by atoms with E-state index in [4.69, 9.17) is 26.2 Å². The average molecular weight is 330 g/mol. The molecule has 2 N–H and O–H groups in total. The maximum atomic E-state index is 12.2. The van der Waals surface area contributed by atoms with Crippen molar-refractivity contribution in [2.75, 3.05) is 13.7 Å². The Morgan fingerprint density at radius 1 is 1.36 bits per heavy atom. The van der Waals surface area contributed by atoms with Crippen LogP contribution in [0.4, 0.5) is 0 Å². The first kappa shape index (κ1) is 18.1. The second-order valence-electron chi connectivity index (χ2n) is 4.58. The minimum absolute atomic E-state index is 0.215. The summed E-state index contributed by atoms with van der Waals surface area (Å²) >= 11 is 6.10. The van der Waals surface area contributed by atoms with E-state index in [1.54, 1.807) is 6.92 Å². The minimum Gasteiger partial charge on any atom is -0.493 e. The van der Waals surface area contributed by atoms with Gasteiger partial charge < -0.3 is 19.9 Å². The van der Waals surface area contributed by atoms with Gasteiger partial charge in [-0.15, -0.1) is 0 Å². The fourth-order valence-electron chi connectivity index (χ4n) is 1.92. The molecule has 0 aliphatic rings. The lowest BCUT2D eigenvalue weighted by molar-refractivity contribution is -0.139. The van der Waals surface area contributed by atoms with E-state index >= 15 is 0 Å². The second-order valence-corrected chi connectivity index (χ2v) is 4.98. The first-order valence-corrected chi connectivity index (χ1v) is 7.36. The molecule has 1 rings (SSSR count). The molecular weight excluding hydrogens is 310 g/mol. The second kappa shape index (κ2) is 8.48. The van der Waals surface area contributed by atoms with Crippen molar-refractivity contribution in [2.24, 2.45) is 0 Å². The van der Waals surface area contributed by atoms with Crippen LogP contribution in [0.3, 0.4) is 0 Å². The maximum absolute atomic E-state index is 12.2. The Bertz CT molecular complexity index is 547. The monoisotopic (exact) mass is 329 g/mol. The molecule has 7 heteroatoms. The van der Waals surface area contributed by atoms with Crippen molar-refractivity contribution >= 4 is 23.5 Å². The Hall–Kier alpha value is -1.95. The van der Waals surface area contributed by atoms with E-state index in [-0.39, 0.29) is 10.6 Å². The molecule has 1 atom stereocenters. The summed E-state index contributed by atoms with van der Waals surface area (Å²) in [6.45, 7) is 4.05. The molecule has 122 valence electrons. The summed E-state index contributed by atoms with van der Waals surface area (Å²) in [6.07, 6.45) is 0.994. The molecule has 0 radical (unpaired) electrons. The number of hydrogen-bond donors (Lipinski definition) is 2. The largest absolute Gasteiger partial charge is 0.493 e. The van der Waals surface area contributed by atoms with Crippen molar-refractivity contribution < 1.29 is 24.2 Å². The number of methoxy groups -OCH3 is 1. The smallest absolute Gasteiger partial charge is 0.326 e. The average Bonchev–Trinajstić information content (AvgIpc) is 2.48. The number of nitrogens with one attached hydrogen (secondary N) is 1. The van der Waals surface area contributed by atoms with Gasteiger partial charge in [0.1, 0.15) is 6.04 Å². The van der Waals surface area contributed by atoms with Crippen molar-refractivity contribution in [2.45, 2.75) is 32.7 Å². The molecule has 0 fully saturated rings. The molecule has 0 aromatic heterocycles. The zero-order valence-corrected chi connectivity index (χ0v) is 13.6. The quantitative estimate of drug-likeness (QED) is 0.766. The number of ether oxygens (including phenoxy) is 2. The Balaban J connectivity index is 3.03. The van der Waals surface area contributed by atoms with Crippen LogP contribution in [0.5, 0.6) is 11.5 Å². The lowest BCUT2D eigenvalue weighted by Crippen LogP contribution is -2.40. The predicted molar refractivity (Wildman–Crippen MR) is 83.0 cm³/mol. The number of carbonyl (C=O) groups excluding carboxylic acids is 1. The molecule has 1 aromatic carbocycles. The third kappa shape index (κ3) is 4.53.